The van der Waals surface area contributed by atoms with Gasteiger partial charge >= 0.3 is 0 Å². The van der Waals surface area contributed by atoms with E-state index in [0.29, 0.717) is 17.1 Å². The molecule has 2 aromatic rings. The van der Waals surface area contributed by atoms with Crippen molar-refractivity contribution in [2.45, 2.75) is 11.4 Å². The van der Waals surface area contributed by atoms with Crippen molar-refractivity contribution in [1.82, 2.24) is 4.72 Å². The van der Waals surface area contributed by atoms with Crippen LogP contribution in [0.25, 0.3) is 0 Å². The van der Waals surface area contributed by atoms with Gasteiger partial charge in [-0.15, -0.1) is 0 Å². The molecule has 0 unspecified atom stereocenters. The normalized spacial score (nSPS) is 11.3. The Morgan fingerprint density at radius 1 is 1.00 bits per heavy atom. The summed E-state index contributed by atoms with van der Waals surface area (Å²) in [6, 6.07) is 9.65. The molecule has 23 heavy (non-hydrogen) atoms. The molecule has 0 heterocycles. The number of nitrogens with one attached hydrogen (secondary N) is 1. The van der Waals surface area contributed by atoms with Crippen molar-refractivity contribution in [3.8, 4) is 11.5 Å². The molecular weight excluding hydrogens is 361 g/mol. The van der Waals surface area contributed by atoms with Crippen LogP contribution in [0.4, 0.5) is 0 Å². The SMILES string of the molecule is COc1ccc(CNS(=O)(=O)c2c(Cl)cccc2Cl)cc1OC. The van der Waals surface area contributed by atoms with Gasteiger partial charge in [-0.25, -0.2) is 13.1 Å². The van der Waals surface area contributed by atoms with Crippen LogP contribution in [0.2, 0.25) is 10.0 Å². The van der Waals surface area contributed by atoms with Crippen LogP contribution in [-0.2, 0) is 16.6 Å². The fourth-order valence-corrected chi connectivity index (χ4v) is 4.14. The number of sulfonamides is 1. The summed E-state index contributed by atoms with van der Waals surface area (Å²) in [7, 11) is -0.804. The van der Waals surface area contributed by atoms with Crippen molar-refractivity contribution in [2.75, 3.05) is 14.2 Å². The minimum Gasteiger partial charge on any atom is -0.493 e. The van der Waals surface area contributed by atoms with Gasteiger partial charge in [-0.2, -0.15) is 0 Å². The molecule has 0 aliphatic rings. The van der Waals surface area contributed by atoms with E-state index in [-0.39, 0.29) is 21.5 Å². The van der Waals surface area contributed by atoms with E-state index in [1.54, 1.807) is 24.3 Å². The maximum atomic E-state index is 12.4. The zero-order valence-electron chi connectivity index (χ0n) is 12.5. The van der Waals surface area contributed by atoms with Gasteiger partial charge in [-0.05, 0) is 29.8 Å². The molecule has 0 amide bonds. The molecule has 0 saturated heterocycles. The second kappa shape index (κ2) is 7.40. The summed E-state index contributed by atoms with van der Waals surface area (Å²) in [6.07, 6.45) is 0. The molecule has 8 heteroatoms. The number of rotatable bonds is 6. The molecule has 0 radical (unpaired) electrons. The van der Waals surface area contributed by atoms with Gasteiger partial charge in [0.25, 0.3) is 0 Å². The summed E-state index contributed by atoms with van der Waals surface area (Å²) < 4.78 is 37.6. The predicted octanol–water partition coefficient (Wildman–Crippen LogP) is 3.49. The Morgan fingerprint density at radius 2 is 1.61 bits per heavy atom. The molecule has 0 aliphatic carbocycles. The van der Waals surface area contributed by atoms with Gasteiger partial charge in [-0.1, -0.05) is 35.3 Å². The Bertz CT molecular complexity index is 789. The summed E-state index contributed by atoms with van der Waals surface area (Å²) in [6.45, 7) is 0.0598. The molecule has 5 nitrogen and oxygen atoms in total. The first-order valence-electron chi connectivity index (χ1n) is 6.53. The van der Waals surface area contributed by atoms with E-state index in [1.807, 2.05) is 0 Å². The van der Waals surface area contributed by atoms with E-state index < -0.39 is 10.0 Å². The van der Waals surface area contributed by atoms with Gasteiger partial charge in [-0.3, -0.25) is 0 Å². The van der Waals surface area contributed by atoms with Crippen LogP contribution in [0, 0.1) is 0 Å². The third-order valence-corrected chi connectivity index (χ3v) is 5.46. The predicted molar refractivity (Wildman–Crippen MR) is 90.0 cm³/mol. The first-order valence-corrected chi connectivity index (χ1v) is 8.77. The highest BCUT2D eigenvalue weighted by Crippen LogP contribution is 2.30. The smallest absolute Gasteiger partial charge is 0.243 e. The lowest BCUT2D eigenvalue weighted by Gasteiger charge is -2.12. The van der Waals surface area contributed by atoms with Crippen LogP contribution in [-0.4, -0.2) is 22.6 Å². The lowest BCUT2D eigenvalue weighted by molar-refractivity contribution is 0.354. The largest absolute Gasteiger partial charge is 0.493 e. The first-order chi connectivity index (χ1) is 10.9. The average Bonchev–Trinajstić information content (AvgIpc) is 2.52. The maximum absolute atomic E-state index is 12.4. The van der Waals surface area contributed by atoms with Crippen LogP contribution in [0.1, 0.15) is 5.56 Å². The minimum atomic E-state index is -3.84. The van der Waals surface area contributed by atoms with E-state index in [4.69, 9.17) is 32.7 Å². The molecule has 124 valence electrons. The first kappa shape index (κ1) is 17.9. The second-order valence-corrected chi connectivity index (χ2v) is 7.08. The van der Waals surface area contributed by atoms with Crippen LogP contribution >= 0.6 is 23.2 Å². The van der Waals surface area contributed by atoms with Crippen LogP contribution < -0.4 is 14.2 Å². The zero-order valence-corrected chi connectivity index (χ0v) is 14.8. The highest BCUT2D eigenvalue weighted by Gasteiger charge is 2.21. The molecule has 0 spiro atoms. The van der Waals surface area contributed by atoms with E-state index >= 15 is 0 Å². The van der Waals surface area contributed by atoms with Crippen molar-refractivity contribution >= 4 is 33.2 Å². The Kier molecular flexibility index (Phi) is 5.75. The fraction of sp³-hybridized carbons (Fsp3) is 0.200. The third-order valence-electron chi connectivity index (χ3n) is 3.10. The lowest BCUT2D eigenvalue weighted by atomic mass is 10.2. The number of halogens is 2. The molecule has 2 rings (SSSR count). The number of methoxy groups -OCH3 is 2. The van der Waals surface area contributed by atoms with Crippen molar-refractivity contribution < 1.29 is 17.9 Å². The van der Waals surface area contributed by atoms with E-state index in [1.165, 1.54) is 26.4 Å². The number of ether oxygens (including phenoxy) is 2. The Hall–Kier alpha value is -1.47. The van der Waals surface area contributed by atoms with Crippen LogP contribution in [0.3, 0.4) is 0 Å². The van der Waals surface area contributed by atoms with E-state index in [9.17, 15) is 8.42 Å². The van der Waals surface area contributed by atoms with E-state index in [0.717, 1.165) is 0 Å². The highest BCUT2D eigenvalue weighted by atomic mass is 35.5. The van der Waals surface area contributed by atoms with Gasteiger partial charge in [0.15, 0.2) is 11.5 Å². The lowest BCUT2D eigenvalue weighted by Crippen LogP contribution is -2.24. The molecule has 0 aromatic heterocycles. The topological polar surface area (TPSA) is 64.6 Å². The van der Waals surface area contributed by atoms with Crippen molar-refractivity contribution in [2.24, 2.45) is 0 Å². The molecule has 0 saturated carbocycles. The van der Waals surface area contributed by atoms with Crippen molar-refractivity contribution in [3.63, 3.8) is 0 Å². The Morgan fingerprint density at radius 3 is 2.17 bits per heavy atom. The van der Waals surface area contributed by atoms with Gasteiger partial charge in [0.2, 0.25) is 10.0 Å². The third kappa shape index (κ3) is 4.09. The molecular formula is C15H15Cl2NO4S. The number of benzene rings is 2. The molecule has 0 atom stereocenters. The summed E-state index contributed by atoms with van der Waals surface area (Å²) >= 11 is 11.9. The van der Waals surface area contributed by atoms with Gasteiger partial charge < -0.3 is 9.47 Å². The minimum absolute atomic E-state index is 0.0598. The summed E-state index contributed by atoms with van der Waals surface area (Å²) in [5.41, 5.74) is 0.703. The Balaban J connectivity index is 2.23. The molecule has 0 bridgehead atoms. The monoisotopic (exact) mass is 375 g/mol. The second-order valence-electron chi connectivity index (χ2n) is 4.56. The van der Waals surface area contributed by atoms with Crippen LogP contribution in [0.15, 0.2) is 41.3 Å². The standard InChI is InChI=1S/C15H15Cl2NO4S/c1-21-13-7-6-10(8-14(13)22-2)9-18-23(19,20)15-11(16)4-3-5-12(15)17/h3-8,18H,9H2,1-2H3. The van der Waals surface area contributed by atoms with Gasteiger partial charge in [0.1, 0.15) is 4.90 Å². The maximum Gasteiger partial charge on any atom is 0.243 e. The van der Waals surface area contributed by atoms with Crippen LogP contribution in [0.5, 0.6) is 11.5 Å². The molecule has 0 aliphatic heterocycles. The summed E-state index contributed by atoms with van der Waals surface area (Å²) in [5, 5.41) is 0.134. The van der Waals surface area contributed by atoms with Gasteiger partial charge in [0, 0.05) is 6.54 Å². The van der Waals surface area contributed by atoms with Gasteiger partial charge in [0.05, 0.1) is 24.3 Å². The number of hydrogen-bond acceptors (Lipinski definition) is 4. The average molecular weight is 376 g/mol. The van der Waals surface area contributed by atoms with Crippen molar-refractivity contribution in [3.05, 3.63) is 52.0 Å². The Labute approximate surface area is 145 Å². The number of hydrogen-bond donors (Lipinski definition) is 1. The highest BCUT2D eigenvalue weighted by molar-refractivity contribution is 7.89. The summed E-state index contributed by atoms with van der Waals surface area (Å²) in [4.78, 5) is -0.135. The molecule has 2 aromatic carbocycles. The molecule has 1 N–H and O–H groups in total. The van der Waals surface area contributed by atoms with Crippen molar-refractivity contribution in [1.29, 1.82) is 0 Å². The summed E-state index contributed by atoms with van der Waals surface area (Å²) in [5.74, 6) is 1.08. The molecule has 0 fully saturated rings. The van der Waals surface area contributed by atoms with E-state index in [2.05, 4.69) is 4.72 Å². The zero-order chi connectivity index (χ0) is 17.0. The quantitative estimate of drug-likeness (QED) is 0.838. The fourth-order valence-electron chi connectivity index (χ4n) is 1.98.